The Bertz CT molecular complexity index is 1050. The van der Waals surface area contributed by atoms with E-state index in [1.165, 1.54) is 6.20 Å². The number of amides is 1. The number of hydrogen-bond acceptors (Lipinski definition) is 7. The van der Waals surface area contributed by atoms with Crippen molar-refractivity contribution in [2.45, 2.75) is 26.7 Å². The smallest absolute Gasteiger partial charge is 0.323 e. The molecular formula is C24H28N4O5. The molecule has 9 heteroatoms. The third kappa shape index (κ3) is 5.94. The number of ether oxygens (including phenoxy) is 2. The summed E-state index contributed by atoms with van der Waals surface area (Å²) in [7, 11) is 1.62. The zero-order valence-corrected chi connectivity index (χ0v) is 19.1. The molecule has 174 valence electrons. The van der Waals surface area contributed by atoms with Gasteiger partial charge in [0.05, 0.1) is 25.5 Å². The first-order valence-electron chi connectivity index (χ1n) is 10.6. The molecule has 2 aromatic rings. The average molecular weight is 453 g/mol. The highest BCUT2D eigenvalue weighted by atomic mass is 16.5. The molecular weight excluding hydrogens is 424 g/mol. The highest BCUT2D eigenvalue weighted by molar-refractivity contribution is 5.77. The molecule has 1 saturated carbocycles. The molecule has 3 atom stereocenters. The van der Waals surface area contributed by atoms with Gasteiger partial charge in [0.15, 0.2) is 0 Å². The van der Waals surface area contributed by atoms with Crippen LogP contribution in [-0.4, -0.2) is 57.6 Å². The summed E-state index contributed by atoms with van der Waals surface area (Å²) in [5.41, 5.74) is 2.38. The van der Waals surface area contributed by atoms with E-state index in [1.807, 2.05) is 25.1 Å². The molecule has 1 N–H and O–H groups in total. The number of aliphatic carboxylic acids is 1. The average Bonchev–Trinajstić information content (AvgIpc) is 3.46. The van der Waals surface area contributed by atoms with Gasteiger partial charge in [-0.1, -0.05) is 13.0 Å². The summed E-state index contributed by atoms with van der Waals surface area (Å²) in [5, 5.41) is 8.91. The summed E-state index contributed by atoms with van der Waals surface area (Å²) in [6.07, 6.45) is 8.73. The number of rotatable bonds is 11. The lowest BCUT2D eigenvalue weighted by Gasteiger charge is -2.13. The lowest BCUT2D eigenvalue weighted by atomic mass is 10.1. The first kappa shape index (κ1) is 23.9. The fraction of sp³-hybridized carbons (Fsp3) is 0.375. The highest BCUT2D eigenvalue weighted by Gasteiger charge is 2.49. The first-order chi connectivity index (χ1) is 15.9. The summed E-state index contributed by atoms with van der Waals surface area (Å²) >= 11 is 0. The number of carbonyl (C=O) groups excluding carboxylic acids is 1. The van der Waals surface area contributed by atoms with Gasteiger partial charge < -0.3 is 19.5 Å². The van der Waals surface area contributed by atoms with Crippen molar-refractivity contribution >= 4 is 18.0 Å². The van der Waals surface area contributed by atoms with Crippen LogP contribution in [0.15, 0.2) is 42.9 Å². The molecule has 2 aromatic heterocycles. The van der Waals surface area contributed by atoms with Crippen LogP contribution in [0.2, 0.25) is 0 Å². The molecule has 0 saturated heterocycles. The number of aromatic nitrogens is 3. The lowest BCUT2D eigenvalue weighted by Crippen LogP contribution is -2.23. The normalized spacial score (nSPS) is 19.9. The minimum Gasteiger partial charge on any atom is -0.495 e. The van der Waals surface area contributed by atoms with E-state index in [0.717, 1.165) is 16.3 Å². The van der Waals surface area contributed by atoms with Gasteiger partial charge in [0.25, 0.3) is 0 Å². The topological polar surface area (TPSA) is 115 Å². The zero-order chi connectivity index (χ0) is 24.0. The molecule has 0 bridgehead atoms. The number of carboxylic acid groups (broad SMARTS) is 1. The van der Waals surface area contributed by atoms with E-state index < -0.39 is 12.5 Å². The van der Waals surface area contributed by atoms with Crippen LogP contribution in [0, 0.1) is 18.8 Å². The van der Waals surface area contributed by atoms with Gasteiger partial charge in [-0.05, 0) is 43.5 Å². The van der Waals surface area contributed by atoms with Crippen molar-refractivity contribution in [3.05, 3.63) is 60.0 Å². The second-order valence-corrected chi connectivity index (χ2v) is 7.85. The number of nitrogens with zero attached hydrogens (tertiary/aromatic N) is 4. The van der Waals surface area contributed by atoms with Gasteiger partial charge in [0, 0.05) is 29.9 Å². The molecule has 0 radical (unpaired) electrons. The molecule has 0 aromatic carbocycles. The fourth-order valence-corrected chi connectivity index (χ4v) is 3.73. The molecule has 2 heterocycles. The molecule has 3 rings (SSSR count). The van der Waals surface area contributed by atoms with Gasteiger partial charge in [-0.3, -0.25) is 14.6 Å². The van der Waals surface area contributed by atoms with Crippen molar-refractivity contribution in [2.24, 2.45) is 11.8 Å². The summed E-state index contributed by atoms with van der Waals surface area (Å²) in [6, 6.07) is 3.90. The van der Waals surface area contributed by atoms with Crippen LogP contribution in [0.3, 0.4) is 0 Å². The summed E-state index contributed by atoms with van der Waals surface area (Å²) in [5.74, 6) is 1.68. The number of methoxy groups -OCH3 is 1. The van der Waals surface area contributed by atoms with Gasteiger partial charge >= 0.3 is 5.97 Å². The van der Waals surface area contributed by atoms with Crippen LogP contribution >= 0.6 is 0 Å². The number of aryl methyl sites for hydroxylation is 1. The van der Waals surface area contributed by atoms with Crippen LogP contribution in [0.25, 0.3) is 5.57 Å². The second kappa shape index (κ2) is 10.7. The standard InChI is InChI=1S/C24H28N4O5/c1-5-17(8-9-28(14-29)12-22(30)31)19-11-25-16(3)27-24(19)33-13-20-15(2)23(20)21-7-6-18(32-4)10-26-21/h5-11,14-15,20,23H,12-13H2,1-4H3,(H,30,31)/b9-8-,17-5+. The molecule has 1 fully saturated rings. The predicted molar refractivity (Wildman–Crippen MR) is 122 cm³/mol. The monoisotopic (exact) mass is 452 g/mol. The van der Waals surface area contributed by atoms with E-state index in [2.05, 4.69) is 21.9 Å². The molecule has 1 aliphatic rings. The third-order valence-corrected chi connectivity index (χ3v) is 5.71. The van der Waals surface area contributed by atoms with Crippen molar-refractivity contribution in [1.29, 1.82) is 0 Å². The van der Waals surface area contributed by atoms with Crippen LogP contribution in [-0.2, 0) is 9.59 Å². The van der Waals surface area contributed by atoms with Crippen LogP contribution in [0.1, 0.15) is 36.8 Å². The van der Waals surface area contributed by atoms with Crippen LogP contribution < -0.4 is 9.47 Å². The Hall–Kier alpha value is -3.75. The molecule has 9 nitrogen and oxygen atoms in total. The fourth-order valence-electron chi connectivity index (χ4n) is 3.73. The number of allylic oxidation sites excluding steroid dienone is 3. The lowest BCUT2D eigenvalue weighted by molar-refractivity contribution is -0.139. The molecule has 1 aliphatic carbocycles. The Morgan fingerprint density at radius 2 is 2.06 bits per heavy atom. The van der Waals surface area contributed by atoms with Gasteiger partial charge in [0.1, 0.15) is 18.1 Å². The van der Waals surface area contributed by atoms with Crippen molar-refractivity contribution in [1.82, 2.24) is 19.9 Å². The van der Waals surface area contributed by atoms with Crippen molar-refractivity contribution in [3.63, 3.8) is 0 Å². The van der Waals surface area contributed by atoms with Gasteiger partial charge in [0.2, 0.25) is 12.3 Å². The molecule has 33 heavy (non-hydrogen) atoms. The number of pyridine rings is 1. The minimum absolute atomic E-state index is 0.305. The maximum absolute atomic E-state index is 11.1. The second-order valence-electron chi connectivity index (χ2n) is 7.85. The van der Waals surface area contributed by atoms with E-state index >= 15 is 0 Å². The number of hydrogen-bond donors (Lipinski definition) is 1. The van der Waals surface area contributed by atoms with E-state index in [1.54, 1.807) is 32.5 Å². The minimum atomic E-state index is -1.10. The van der Waals surface area contributed by atoms with E-state index in [-0.39, 0.29) is 0 Å². The summed E-state index contributed by atoms with van der Waals surface area (Å²) in [4.78, 5) is 36.3. The van der Waals surface area contributed by atoms with Crippen molar-refractivity contribution < 1.29 is 24.2 Å². The maximum atomic E-state index is 11.1. The largest absolute Gasteiger partial charge is 0.495 e. The number of carboxylic acids is 1. The molecule has 3 unspecified atom stereocenters. The molecule has 1 amide bonds. The van der Waals surface area contributed by atoms with Crippen LogP contribution in [0.5, 0.6) is 11.6 Å². The Morgan fingerprint density at radius 3 is 2.67 bits per heavy atom. The van der Waals surface area contributed by atoms with Gasteiger partial charge in [-0.2, -0.15) is 4.98 Å². The maximum Gasteiger partial charge on any atom is 0.323 e. The predicted octanol–water partition coefficient (Wildman–Crippen LogP) is 3.08. The van der Waals surface area contributed by atoms with Crippen LogP contribution in [0.4, 0.5) is 0 Å². The van der Waals surface area contributed by atoms with E-state index in [9.17, 15) is 9.59 Å². The Kier molecular flexibility index (Phi) is 7.76. The molecule has 0 spiro atoms. The van der Waals surface area contributed by atoms with E-state index in [4.69, 9.17) is 14.6 Å². The van der Waals surface area contributed by atoms with Gasteiger partial charge in [-0.15, -0.1) is 0 Å². The van der Waals surface area contributed by atoms with E-state index in [0.29, 0.717) is 53.6 Å². The highest BCUT2D eigenvalue weighted by Crippen LogP contribution is 2.53. The Morgan fingerprint density at radius 1 is 1.27 bits per heavy atom. The summed E-state index contributed by atoms with van der Waals surface area (Å²) in [6.45, 7) is 5.84. The molecule has 0 aliphatic heterocycles. The summed E-state index contributed by atoms with van der Waals surface area (Å²) < 4.78 is 11.3. The van der Waals surface area contributed by atoms with Crippen molar-refractivity contribution in [2.75, 3.05) is 20.3 Å². The Balaban J connectivity index is 1.73. The quantitative estimate of drug-likeness (QED) is 0.409. The Labute approximate surface area is 192 Å². The number of carbonyl (C=O) groups is 2. The zero-order valence-electron chi connectivity index (χ0n) is 19.1. The first-order valence-corrected chi connectivity index (χ1v) is 10.6. The van der Waals surface area contributed by atoms with Crippen molar-refractivity contribution in [3.8, 4) is 11.6 Å². The SMILES string of the molecule is C/C=C(\C=C/N(C=O)CC(=O)O)c1cnc(C)nc1OCC1C(C)C1c1ccc(OC)cn1. The third-order valence-electron chi connectivity index (χ3n) is 5.71. The van der Waals surface area contributed by atoms with Gasteiger partial charge in [-0.25, -0.2) is 4.98 Å².